The third kappa shape index (κ3) is 4.72. The summed E-state index contributed by atoms with van der Waals surface area (Å²) >= 11 is 0. The van der Waals surface area contributed by atoms with Crippen molar-refractivity contribution in [3.05, 3.63) is 40.8 Å². The molecule has 172 valence electrons. The van der Waals surface area contributed by atoms with Crippen molar-refractivity contribution in [2.45, 2.75) is 73.0 Å². The molecule has 3 heterocycles. The highest BCUT2D eigenvalue weighted by atomic mass is 16.5. The molecule has 32 heavy (non-hydrogen) atoms. The molecule has 7 nitrogen and oxygen atoms in total. The molecule has 1 fully saturated rings. The van der Waals surface area contributed by atoms with Gasteiger partial charge in [0.25, 0.3) is 0 Å². The van der Waals surface area contributed by atoms with Crippen molar-refractivity contribution in [2.24, 2.45) is 0 Å². The smallest absolute Gasteiger partial charge is 0.226 e. The molecule has 7 heteroatoms. The zero-order valence-electron chi connectivity index (χ0n) is 20.1. The summed E-state index contributed by atoms with van der Waals surface area (Å²) in [4.78, 5) is 12.1. The Hall–Kier alpha value is -2.67. The van der Waals surface area contributed by atoms with Crippen LogP contribution in [-0.4, -0.2) is 45.5 Å². The lowest BCUT2D eigenvalue weighted by molar-refractivity contribution is 0.340. The van der Waals surface area contributed by atoms with Gasteiger partial charge in [0.1, 0.15) is 5.75 Å². The lowest BCUT2D eigenvalue weighted by atomic mass is 10.1. The Bertz CT molecular complexity index is 1080. The molecule has 2 aromatic heterocycles. The Balaban J connectivity index is 1.42. The number of anilines is 1. The van der Waals surface area contributed by atoms with E-state index in [0.29, 0.717) is 12.6 Å². The number of hydrogen-bond acceptors (Lipinski definition) is 6. The maximum Gasteiger partial charge on any atom is 0.226 e. The van der Waals surface area contributed by atoms with Crippen LogP contribution in [0.3, 0.4) is 0 Å². The monoisotopic (exact) mass is 436 g/mol. The van der Waals surface area contributed by atoms with Gasteiger partial charge in [0.2, 0.25) is 5.95 Å². The molecule has 4 rings (SSSR count). The molecule has 1 aliphatic rings. The molecule has 1 aliphatic heterocycles. The van der Waals surface area contributed by atoms with E-state index in [2.05, 4.69) is 47.7 Å². The van der Waals surface area contributed by atoms with Crippen LogP contribution in [0, 0.1) is 20.8 Å². The molecule has 0 saturated carbocycles. The molecule has 0 spiro atoms. The van der Waals surface area contributed by atoms with Crippen LogP contribution in [0.15, 0.2) is 18.2 Å². The van der Waals surface area contributed by atoms with E-state index in [1.54, 1.807) is 0 Å². The summed E-state index contributed by atoms with van der Waals surface area (Å²) in [6.45, 7) is 14.9. The normalized spacial score (nSPS) is 17.0. The molecule has 0 amide bonds. The topological polar surface area (TPSA) is 68.1 Å². The van der Waals surface area contributed by atoms with Crippen LogP contribution in [0.2, 0.25) is 0 Å². The Morgan fingerprint density at radius 3 is 2.66 bits per heavy atom. The third-order valence-electron chi connectivity index (χ3n) is 6.57. The lowest BCUT2D eigenvalue weighted by Gasteiger charge is -2.22. The van der Waals surface area contributed by atoms with Gasteiger partial charge >= 0.3 is 0 Å². The van der Waals surface area contributed by atoms with Gasteiger partial charge < -0.3 is 15.0 Å². The Kier molecular flexibility index (Phi) is 6.94. The number of benzene rings is 1. The molecule has 1 saturated heterocycles. The molecular weight excluding hydrogens is 400 g/mol. The van der Waals surface area contributed by atoms with E-state index < -0.39 is 0 Å². The Morgan fingerprint density at radius 2 is 1.91 bits per heavy atom. The van der Waals surface area contributed by atoms with Crippen molar-refractivity contribution in [3.8, 4) is 5.75 Å². The van der Waals surface area contributed by atoms with Gasteiger partial charge in [-0.15, -0.1) is 0 Å². The summed E-state index contributed by atoms with van der Waals surface area (Å²) in [5, 5.41) is 9.51. The summed E-state index contributed by atoms with van der Waals surface area (Å²) in [5.74, 6) is 1.72. The fourth-order valence-corrected chi connectivity index (χ4v) is 4.69. The van der Waals surface area contributed by atoms with Crippen molar-refractivity contribution in [1.29, 1.82) is 0 Å². The Labute approximate surface area is 191 Å². The van der Waals surface area contributed by atoms with Crippen LogP contribution in [-0.2, 0) is 13.1 Å². The van der Waals surface area contributed by atoms with Gasteiger partial charge in [-0.05, 0) is 72.1 Å². The Morgan fingerprint density at radius 1 is 1.06 bits per heavy atom. The molecule has 0 radical (unpaired) electrons. The number of fused-ring (bicyclic) bond motifs is 1. The van der Waals surface area contributed by atoms with E-state index in [4.69, 9.17) is 14.7 Å². The summed E-state index contributed by atoms with van der Waals surface area (Å²) in [5.41, 5.74) is 5.74. The van der Waals surface area contributed by atoms with E-state index in [0.717, 1.165) is 73.0 Å². The van der Waals surface area contributed by atoms with Gasteiger partial charge in [-0.25, -0.2) is 9.97 Å². The minimum absolute atomic E-state index is 0.499. The third-order valence-corrected chi connectivity index (χ3v) is 6.57. The van der Waals surface area contributed by atoms with Gasteiger partial charge in [-0.2, -0.15) is 5.10 Å². The minimum atomic E-state index is 0.499. The average molecular weight is 437 g/mol. The maximum atomic E-state index is 5.64. The molecule has 3 aromatic rings. The second-order valence-corrected chi connectivity index (χ2v) is 8.68. The van der Waals surface area contributed by atoms with Crippen LogP contribution >= 0.6 is 0 Å². The zero-order valence-corrected chi connectivity index (χ0v) is 20.1. The first-order valence-electron chi connectivity index (χ1n) is 11.9. The van der Waals surface area contributed by atoms with Gasteiger partial charge in [0.05, 0.1) is 23.5 Å². The summed E-state index contributed by atoms with van der Waals surface area (Å²) in [6.07, 6.45) is 3.39. The van der Waals surface area contributed by atoms with E-state index in [-0.39, 0.29) is 0 Å². The van der Waals surface area contributed by atoms with E-state index in [9.17, 15) is 0 Å². The average Bonchev–Trinajstić information content (AvgIpc) is 2.94. The van der Waals surface area contributed by atoms with Crippen molar-refractivity contribution >= 4 is 16.9 Å². The zero-order chi connectivity index (χ0) is 22.7. The van der Waals surface area contributed by atoms with Crippen LogP contribution in [0.5, 0.6) is 5.75 Å². The number of rotatable bonds is 7. The maximum absolute atomic E-state index is 5.64. The molecule has 1 aromatic carbocycles. The minimum Gasteiger partial charge on any atom is -0.494 e. The fourth-order valence-electron chi connectivity index (χ4n) is 4.69. The highest BCUT2D eigenvalue weighted by Crippen LogP contribution is 2.25. The molecule has 0 aliphatic carbocycles. The van der Waals surface area contributed by atoms with Crippen molar-refractivity contribution < 1.29 is 4.74 Å². The first kappa shape index (κ1) is 22.5. The summed E-state index contributed by atoms with van der Waals surface area (Å²) in [7, 11) is 0. The predicted molar refractivity (Wildman–Crippen MR) is 130 cm³/mol. The summed E-state index contributed by atoms with van der Waals surface area (Å²) < 4.78 is 7.74. The van der Waals surface area contributed by atoms with Crippen LogP contribution in [0.4, 0.5) is 5.95 Å². The number of nitrogens with one attached hydrogen (secondary N) is 1. The van der Waals surface area contributed by atoms with Gasteiger partial charge in [0, 0.05) is 48.9 Å². The second-order valence-electron chi connectivity index (χ2n) is 8.68. The van der Waals surface area contributed by atoms with Crippen molar-refractivity contribution in [1.82, 2.24) is 25.1 Å². The first-order chi connectivity index (χ1) is 15.5. The molecular formula is C25H36N6O. The standard InChI is InChI=1S/C25H36N6O/c1-6-31-19(5)23(18(4)29-31)16-26-20-9-8-13-30(14-12-20)25-27-17(3)22-15-21(32-7-2)10-11-24(22)28-25/h10-11,15,20,26H,6-9,12-14,16H2,1-5H3. The SMILES string of the molecule is CCOc1ccc2nc(N3CCCC(NCc4c(C)nn(CC)c4C)CC3)nc(C)c2c1. The van der Waals surface area contributed by atoms with E-state index in [1.807, 2.05) is 25.1 Å². The van der Waals surface area contributed by atoms with E-state index >= 15 is 0 Å². The molecule has 1 unspecified atom stereocenters. The van der Waals surface area contributed by atoms with Crippen molar-refractivity contribution in [3.63, 3.8) is 0 Å². The number of aromatic nitrogens is 4. The first-order valence-corrected chi connectivity index (χ1v) is 11.9. The van der Waals surface area contributed by atoms with Crippen LogP contribution in [0.25, 0.3) is 10.9 Å². The van der Waals surface area contributed by atoms with Gasteiger partial charge in [-0.3, -0.25) is 4.68 Å². The molecule has 1 atom stereocenters. The quantitative estimate of drug-likeness (QED) is 0.595. The number of ether oxygens (including phenoxy) is 1. The van der Waals surface area contributed by atoms with Crippen molar-refractivity contribution in [2.75, 3.05) is 24.6 Å². The largest absolute Gasteiger partial charge is 0.494 e. The second kappa shape index (κ2) is 9.86. The molecule has 0 bridgehead atoms. The van der Waals surface area contributed by atoms with Gasteiger partial charge in [-0.1, -0.05) is 0 Å². The van der Waals surface area contributed by atoms with E-state index in [1.165, 1.54) is 17.7 Å². The summed E-state index contributed by atoms with van der Waals surface area (Å²) in [6, 6.07) is 6.58. The van der Waals surface area contributed by atoms with Crippen LogP contribution in [0.1, 0.15) is 55.8 Å². The lowest BCUT2D eigenvalue weighted by Crippen LogP contribution is -2.31. The highest BCUT2D eigenvalue weighted by molar-refractivity contribution is 5.83. The number of nitrogens with zero attached hydrogens (tertiary/aromatic N) is 5. The predicted octanol–water partition coefficient (Wildman–Crippen LogP) is 4.32. The van der Waals surface area contributed by atoms with Crippen LogP contribution < -0.4 is 15.0 Å². The number of hydrogen-bond donors (Lipinski definition) is 1. The highest BCUT2D eigenvalue weighted by Gasteiger charge is 2.20. The van der Waals surface area contributed by atoms with Gasteiger partial charge in [0.15, 0.2) is 0 Å². The fraction of sp³-hybridized carbons (Fsp3) is 0.560. The number of aryl methyl sites for hydroxylation is 3. The molecule has 1 N–H and O–H groups in total.